The molecule has 0 aromatic heterocycles. The van der Waals surface area contributed by atoms with Crippen molar-refractivity contribution in [2.75, 3.05) is 66.1 Å². The molecule has 3 aliphatic rings. The molecule has 6 rings (SSSR count). The van der Waals surface area contributed by atoms with Crippen molar-refractivity contribution in [1.29, 1.82) is 0 Å². The van der Waals surface area contributed by atoms with Crippen molar-refractivity contribution in [2.24, 2.45) is 0 Å². The van der Waals surface area contributed by atoms with Crippen molar-refractivity contribution in [3.63, 3.8) is 0 Å². The number of carbonyl (C=O) groups excluding carboxylic acids is 2. The molecule has 2 heterocycles. The Bertz CT molecular complexity index is 1890. The summed E-state index contributed by atoms with van der Waals surface area (Å²) in [6, 6.07) is 14.0. The number of morpholine rings is 1. The summed E-state index contributed by atoms with van der Waals surface area (Å²) in [4.78, 5) is 31.9. The Morgan fingerprint density at radius 2 is 1.61 bits per heavy atom. The second kappa shape index (κ2) is 17.4. The van der Waals surface area contributed by atoms with Crippen LogP contribution in [0, 0.1) is 0 Å². The van der Waals surface area contributed by atoms with E-state index in [0.29, 0.717) is 69.6 Å². The highest BCUT2D eigenvalue weighted by Gasteiger charge is 2.50. The number of benzene rings is 3. The summed E-state index contributed by atoms with van der Waals surface area (Å²) in [5.74, 6) is -1.11. The average molecular weight is 845 g/mol. The number of alkyl halides is 6. The van der Waals surface area contributed by atoms with Crippen LogP contribution >= 0.6 is 23.2 Å². The number of ether oxygens (including phenoxy) is 2. The molecule has 2 saturated heterocycles. The number of hydrogen-bond acceptors (Lipinski definition) is 6. The van der Waals surface area contributed by atoms with Gasteiger partial charge >= 0.3 is 12.4 Å². The number of amides is 2. The number of likely N-dealkylation sites (tertiary alicyclic amines) is 1. The molecule has 0 saturated carbocycles. The molecular formula is C41H45Cl2F6N3O5. The monoisotopic (exact) mass is 843 g/mol. The fraction of sp³-hybridized carbons (Fsp3) is 0.512. The number of nitrogens with zero attached hydrogens (tertiary/aromatic N) is 3. The van der Waals surface area contributed by atoms with Gasteiger partial charge in [-0.2, -0.15) is 26.3 Å². The van der Waals surface area contributed by atoms with Crippen molar-refractivity contribution in [2.45, 2.75) is 68.0 Å². The number of rotatable bonds is 12. The first-order valence-electron chi connectivity index (χ1n) is 18.9. The van der Waals surface area contributed by atoms with Crippen LogP contribution < -0.4 is 0 Å². The van der Waals surface area contributed by atoms with Crippen LogP contribution in [0.5, 0.6) is 0 Å². The Kier molecular flexibility index (Phi) is 13.2. The van der Waals surface area contributed by atoms with Crippen LogP contribution in [0.4, 0.5) is 26.3 Å². The molecule has 16 heteroatoms. The molecule has 57 heavy (non-hydrogen) atoms. The minimum absolute atomic E-state index is 0.00191. The third-order valence-electron chi connectivity index (χ3n) is 11.6. The SMILES string of the molecule is CN(CCCCO)C(=O)CO[C@H]1Cc2ccccc2C12CCN(CC[C@@]1(c3ccc(Cl)c(Cl)c3)CN(C(=O)c3cc(C(F)(F)F)cc(C(F)(F)F)c3)CCO1)CC2. The van der Waals surface area contributed by atoms with E-state index in [0.717, 1.165) is 12.8 Å². The maximum Gasteiger partial charge on any atom is 0.416 e. The van der Waals surface area contributed by atoms with Crippen molar-refractivity contribution in [3.05, 3.63) is 104 Å². The fourth-order valence-electron chi connectivity index (χ4n) is 8.41. The van der Waals surface area contributed by atoms with Gasteiger partial charge in [-0.1, -0.05) is 53.5 Å². The van der Waals surface area contributed by atoms with E-state index >= 15 is 0 Å². The number of piperidine rings is 1. The molecule has 1 spiro atoms. The lowest BCUT2D eigenvalue weighted by Crippen LogP contribution is -2.54. The van der Waals surface area contributed by atoms with Crippen LogP contribution in [-0.4, -0.2) is 104 Å². The molecule has 0 unspecified atom stereocenters. The second-order valence-electron chi connectivity index (χ2n) is 15.1. The van der Waals surface area contributed by atoms with Gasteiger partial charge in [-0.25, -0.2) is 0 Å². The number of carbonyl (C=O) groups is 2. The zero-order valence-corrected chi connectivity index (χ0v) is 32.9. The predicted molar refractivity (Wildman–Crippen MR) is 202 cm³/mol. The zero-order chi connectivity index (χ0) is 41.2. The normalized spacial score (nSPS) is 21.2. The lowest BCUT2D eigenvalue weighted by molar-refractivity contribution is -0.143. The van der Waals surface area contributed by atoms with Crippen molar-refractivity contribution >= 4 is 35.0 Å². The third kappa shape index (κ3) is 9.57. The van der Waals surface area contributed by atoms with Crippen molar-refractivity contribution < 1.29 is 50.5 Å². The van der Waals surface area contributed by atoms with Crippen LogP contribution in [0.3, 0.4) is 0 Å². The van der Waals surface area contributed by atoms with Gasteiger partial charge in [0.2, 0.25) is 5.91 Å². The average Bonchev–Trinajstić information content (AvgIpc) is 3.48. The molecule has 0 bridgehead atoms. The molecule has 2 amide bonds. The lowest BCUT2D eigenvalue weighted by Gasteiger charge is -2.46. The second-order valence-corrected chi connectivity index (χ2v) is 16.0. The van der Waals surface area contributed by atoms with Gasteiger partial charge in [-0.05, 0) is 98.6 Å². The standard InChI is InChI=1S/C41H45Cl2F6N3O5/c1-50(13-4-5-18-53)36(54)25-56-35-22-27-6-2-3-7-32(27)38(35)10-14-51(15-11-38)16-12-39(29-8-9-33(42)34(43)24-29)26-52(17-19-57-39)37(55)28-20-30(40(44,45)46)23-31(21-28)41(47,48)49/h2-3,6-9,20-21,23-24,35,53H,4-5,10-19,22,25-26H2,1H3/t35-,39-/m0/s1. The van der Waals surface area contributed by atoms with Gasteiger partial charge in [0, 0.05) is 44.3 Å². The van der Waals surface area contributed by atoms with Crippen LogP contribution in [0.1, 0.15) is 70.3 Å². The first kappa shape index (κ1) is 43.2. The van der Waals surface area contributed by atoms with Crippen LogP contribution in [-0.2, 0) is 44.1 Å². The maximum atomic E-state index is 13.8. The first-order valence-corrected chi connectivity index (χ1v) is 19.7. The summed E-state index contributed by atoms with van der Waals surface area (Å²) in [5.41, 5.74) is -2.47. The number of aliphatic hydroxyl groups is 1. The third-order valence-corrected chi connectivity index (χ3v) is 12.4. The summed E-state index contributed by atoms with van der Waals surface area (Å²) >= 11 is 12.7. The Labute approximate surface area is 337 Å². The Hall–Kier alpha value is -3.40. The Morgan fingerprint density at radius 1 is 0.930 bits per heavy atom. The van der Waals surface area contributed by atoms with Gasteiger partial charge in [0.05, 0.1) is 40.4 Å². The highest BCUT2D eigenvalue weighted by atomic mass is 35.5. The van der Waals surface area contributed by atoms with E-state index in [1.165, 1.54) is 16.0 Å². The van der Waals surface area contributed by atoms with Gasteiger partial charge in [0.1, 0.15) is 12.2 Å². The lowest BCUT2D eigenvalue weighted by atomic mass is 9.72. The van der Waals surface area contributed by atoms with E-state index in [-0.39, 0.29) is 66.4 Å². The number of halogens is 8. The number of likely N-dealkylation sites (N-methyl/N-ethyl adjacent to an activating group) is 1. The van der Waals surface area contributed by atoms with E-state index in [4.69, 9.17) is 37.8 Å². The van der Waals surface area contributed by atoms with Gasteiger partial charge in [-0.3, -0.25) is 9.59 Å². The predicted octanol–water partition coefficient (Wildman–Crippen LogP) is 8.00. The highest BCUT2D eigenvalue weighted by Crippen LogP contribution is 2.48. The van der Waals surface area contributed by atoms with Gasteiger partial charge in [-0.15, -0.1) is 0 Å². The quantitative estimate of drug-likeness (QED) is 0.147. The van der Waals surface area contributed by atoms with Crippen LogP contribution in [0.25, 0.3) is 0 Å². The molecule has 310 valence electrons. The summed E-state index contributed by atoms with van der Waals surface area (Å²) in [6.07, 6.45) is -6.69. The van der Waals surface area contributed by atoms with Gasteiger partial charge in [0.15, 0.2) is 0 Å². The first-order chi connectivity index (χ1) is 27.0. The smallest absolute Gasteiger partial charge is 0.396 e. The molecule has 2 fully saturated rings. The molecule has 1 N–H and O–H groups in total. The van der Waals surface area contributed by atoms with Gasteiger partial charge < -0.3 is 29.3 Å². The van der Waals surface area contributed by atoms with E-state index in [1.807, 2.05) is 12.1 Å². The molecule has 3 aromatic rings. The Morgan fingerprint density at radius 3 is 2.26 bits per heavy atom. The van der Waals surface area contributed by atoms with E-state index in [2.05, 4.69) is 17.0 Å². The summed E-state index contributed by atoms with van der Waals surface area (Å²) in [6.45, 7) is 2.07. The maximum absolute atomic E-state index is 13.8. The number of unbranched alkanes of at least 4 members (excludes halogenated alkanes) is 1. The van der Waals surface area contributed by atoms with E-state index < -0.39 is 40.6 Å². The van der Waals surface area contributed by atoms with E-state index in [9.17, 15) is 35.9 Å². The minimum Gasteiger partial charge on any atom is -0.396 e. The Balaban J connectivity index is 1.20. The molecule has 2 atom stereocenters. The molecular weight excluding hydrogens is 799 g/mol. The molecule has 3 aromatic carbocycles. The minimum atomic E-state index is -5.11. The number of fused-ring (bicyclic) bond motifs is 2. The van der Waals surface area contributed by atoms with Crippen LogP contribution in [0.15, 0.2) is 60.7 Å². The summed E-state index contributed by atoms with van der Waals surface area (Å²) < 4.78 is 95.1. The van der Waals surface area contributed by atoms with Crippen molar-refractivity contribution in [3.8, 4) is 0 Å². The molecule has 0 radical (unpaired) electrons. The number of aliphatic hydroxyl groups excluding tert-OH is 1. The van der Waals surface area contributed by atoms with E-state index in [1.54, 1.807) is 30.1 Å². The van der Waals surface area contributed by atoms with Crippen molar-refractivity contribution in [1.82, 2.24) is 14.7 Å². The van der Waals surface area contributed by atoms with Crippen LogP contribution in [0.2, 0.25) is 10.0 Å². The molecule has 2 aliphatic heterocycles. The topological polar surface area (TPSA) is 82.5 Å². The largest absolute Gasteiger partial charge is 0.416 e. The zero-order valence-electron chi connectivity index (χ0n) is 31.4. The molecule has 8 nitrogen and oxygen atoms in total. The summed E-state index contributed by atoms with van der Waals surface area (Å²) in [5, 5.41) is 9.59. The number of hydrogen-bond donors (Lipinski definition) is 1. The molecule has 1 aliphatic carbocycles. The highest BCUT2D eigenvalue weighted by molar-refractivity contribution is 6.42. The summed E-state index contributed by atoms with van der Waals surface area (Å²) in [7, 11) is 1.73. The fourth-order valence-corrected chi connectivity index (χ4v) is 8.71. The van der Waals surface area contributed by atoms with Gasteiger partial charge in [0.25, 0.3) is 5.91 Å².